The van der Waals surface area contributed by atoms with Crippen LogP contribution in [0.2, 0.25) is 0 Å². The Morgan fingerprint density at radius 3 is 2.63 bits per heavy atom. The van der Waals surface area contributed by atoms with Crippen LogP contribution in [0.1, 0.15) is 16.7 Å². The number of hydrogen-bond donors (Lipinski definition) is 1. The van der Waals surface area contributed by atoms with Gasteiger partial charge < -0.3 is 14.8 Å². The Bertz CT molecular complexity index is 1020. The molecule has 3 aromatic rings. The second-order valence-electron chi connectivity index (χ2n) is 6.90. The molecule has 0 spiro atoms. The van der Waals surface area contributed by atoms with Crippen LogP contribution in [0.25, 0.3) is 11.3 Å². The molecular weight excluding hydrogens is 397 g/mol. The molecule has 3 heterocycles. The molecule has 1 aliphatic heterocycles. The molecular formula is C21H19F3N4O2. The maximum absolute atomic E-state index is 13.2. The lowest BCUT2D eigenvalue weighted by molar-refractivity contribution is -0.142. The van der Waals surface area contributed by atoms with Crippen LogP contribution < -0.4 is 10.1 Å². The van der Waals surface area contributed by atoms with Crippen molar-refractivity contribution in [2.75, 3.05) is 18.5 Å². The van der Waals surface area contributed by atoms with Crippen molar-refractivity contribution in [3.8, 4) is 17.1 Å². The zero-order chi connectivity index (χ0) is 21.1. The number of rotatable bonds is 6. The maximum atomic E-state index is 13.2. The molecule has 0 atom stereocenters. The Kier molecular flexibility index (Phi) is 5.54. The van der Waals surface area contributed by atoms with E-state index in [4.69, 9.17) is 9.47 Å². The van der Waals surface area contributed by atoms with Gasteiger partial charge in [-0.25, -0.2) is 4.98 Å². The molecule has 9 heteroatoms. The Hall–Kier alpha value is -3.20. The molecule has 1 aromatic carbocycles. The summed E-state index contributed by atoms with van der Waals surface area (Å²) >= 11 is 0. The van der Waals surface area contributed by atoms with Crippen molar-refractivity contribution < 1.29 is 22.6 Å². The van der Waals surface area contributed by atoms with Crippen LogP contribution in [0.5, 0.6) is 5.88 Å². The van der Waals surface area contributed by atoms with Crippen molar-refractivity contribution in [1.29, 1.82) is 0 Å². The summed E-state index contributed by atoms with van der Waals surface area (Å²) in [5.41, 5.74) is 2.83. The van der Waals surface area contributed by atoms with Crippen molar-refractivity contribution in [3.63, 3.8) is 0 Å². The molecule has 0 radical (unpaired) electrons. The Balaban J connectivity index is 1.50. The molecule has 1 saturated heterocycles. The van der Waals surface area contributed by atoms with E-state index in [0.29, 0.717) is 6.54 Å². The Labute approximate surface area is 171 Å². The van der Waals surface area contributed by atoms with Crippen LogP contribution in [-0.2, 0) is 17.5 Å². The van der Waals surface area contributed by atoms with E-state index in [1.807, 2.05) is 43.3 Å². The van der Waals surface area contributed by atoms with Crippen molar-refractivity contribution in [1.82, 2.24) is 15.0 Å². The number of halogens is 3. The fourth-order valence-electron chi connectivity index (χ4n) is 2.94. The number of aryl methyl sites for hydroxylation is 1. The van der Waals surface area contributed by atoms with Crippen LogP contribution >= 0.6 is 0 Å². The highest BCUT2D eigenvalue weighted by molar-refractivity contribution is 5.60. The van der Waals surface area contributed by atoms with E-state index < -0.39 is 23.7 Å². The highest BCUT2D eigenvalue weighted by Gasteiger charge is 2.37. The summed E-state index contributed by atoms with van der Waals surface area (Å²) < 4.78 is 50.0. The Morgan fingerprint density at radius 1 is 1.17 bits per heavy atom. The van der Waals surface area contributed by atoms with Crippen molar-refractivity contribution >= 4 is 5.95 Å². The number of alkyl halides is 3. The molecule has 0 bridgehead atoms. The number of anilines is 1. The zero-order valence-electron chi connectivity index (χ0n) is 16.1. The quantitative estimate of drug-likeness (QED) is 0.648. The molecule has 0 aliphatic carbocycles. The average Bonchev–Trinajstić information content (AvgIpc) is 2.69. The summed E-state index contributed by atoms with van der Waals surface area (Å²) in [5.74, 6) is -0.429. The molecule has 4 rings (SSSR count). The first kappa shape index (κ1) is 20.1. The molecule has 0 saturated carbocycles. The predicted octanol–water partition coefficient (Wildman–Crippen LogP) is 4.26. The summed E-state index contributed by atoms with van der Waals surface area (Å²) in [4.78, 5) is 12.1. The molecule has 1 N–H and O–H groups in total. The van der Waals surface area contributed by atoms with Gasteiger partial charge in [-0.3, -0.25) is 4.98 Å². The third kappa shape index (κ3) is 4.51. The van der Waals surface area contributed by atoms with Gasteiger partial charge >= 0.3 is 6.18 Å². The van der Waals surface area contributed by atoms with Gasteiger partial charge in [0.15, 0.2) is 0 Å². The molecule has 1 fully saturated rings. The molecule has 6 nitrogen and oxygen atoms in total. The third-order valence-corrected chi connectivity index (χ3v) is 4.69. The van der Waals surface area contributed by atoms with Gasteiger partial charge in [0.2, 0.25) is 11.8 Å². The second kappa shape index (κ2) is 8.27. The summed E-state index contributed by atoms with van der Waals surface area (Å²) in [7, 11) is 0. The summed E-state index contributed by atoms with van der Waals surface area (Å²) in [6.45, 7) is 2.80. The highest BCUT2D eigenvalue weighted by Crippen LogP contribution is 2.36. The molecule has 0 amide bonds. The number of aromatic nitrogens is 3. The minimum absolute atomic E-state index is 0.0615. The van der Waals surface area contributed by atoms with Crippen molar-refractivity contribution in [2.24, 2.45) is 0 Å². The number of nitrogens with zero attached hydrogens (tertiary/aromatic N) is 3. The fraction of sp³-hybridized carbons (Fsp3) is 0.286. The van der Waals surface area contributed by atoms with E-state index in [1.54, 1.807) is 6.20 Å². The summed E-state index contributed by atoms with van der Waals surface area (Å²) in [6, 6.07) is 11.6. The average molecular weight is 416 g/mol. The van der Waals surface area contributed by atoms with Gasteiger partial charge in [0.25, 0.3) is 0 Å². The van der Waals surface area contributed by atoms with Crippen LogP contribution in [0, 0.1) is 6.92 Å². The monoisotopic (exact) mass is 416 g/mol. The number of pyridine rings is 1. The van der Waals surface area contributed by atoms with E-state index in [9.17, 15) is 13.2 Å². The standard InChI is InChI=1S/C21H19F3N4O2/c1-13-8-14(18-4-2-3-7-25-18)5-6-15(13)9-26-20-27-10-17(21(22,23)24)19(28-20)30-16-11-29-12-16/h2-8,10,16H,9,11-12H2,1H3,(H,26,27,28). The smallest absolute Gasteiger partial charge is 0.423 e. The number of hydrogen-bond acceptors (Lipinski definition) is 6. The summed E-state index contributed by atoms with van der Waals surface area (Å²) in [6.07, 6.45) is -2.56. The predicted molar refractivity (Wildman–Crippen MR) is 104 cm³/mol. The van der Waals surface area contributed by atoms with Gasteiger partial charge in [0.05, 0.1) is 18.9 Å². The lowest BCUT2D eigenvalue weighted by Gasteiger charge is -2.27. The van der Waals surface area contributed by atoms with E-state index in [2.05, 4.69) is 20.3 Å². The van der Waals surface area contributed by atoms with Crippen LogP contribution in [0.15, 0.2) is 48.8 Å². The van der Waals surface area contributed by atoms with Gasteiger partial charge in [-0.15, -0.1) is 0 Å². The first-order valence-electron chi connectivity index (χ1n) is 9.33. The van der Waals surface area contributed by atoms with Crippen LogP contribution in [0.3, 0.4) is 0 Å². The van der Waals surface area contributed by atoms with Gasteiger partial charge in [-0.05, 0) is 36.2 Å². The van der Waals surface area contributed by atoms with Crippen LogP contribution in [0.4, 0.5) is 19.1 Å². The van der Waals surface area contributed by atoms with Crippen molar-refractivity contribution in [3.05, 3.63) is 65.5 Å². The molecule has 30 heavy (non-hydrogen) atoms. The van der Waals surface area contributed by atoms with Gasteiger partial charge in [-0.1, -0.05) is 18.2 Å². The summed E-state index contributed by atoms with van der Waals surface area (Å²) in [5, 5.41) is 2.97. The van der Waals surface area contributed by atoms with Gasteiger partial charge in [0.1, 0.15) is 11.7 Å². The molecule has 0 unspecified atom stereocenters. The lowest BCUT2D eigenvalue weighted by atomic mass is 10.0. The number of nitrogens with one attached hydrogen (secondary N) is 1. The Morgan fingerprint density at radius 2 is 2.00 bits per heavy atom. The number of ether oxygens (including phenoxy) is 2. The van der Waals surface area contributed by atoms with Crippen LogP contribution in [-0.4, -0.2) is 34.3 Å². The van der Waals surface area contributed by atoms with E-state index in [-0.39, 0.29) is 19.2 Å². The largest absolute Gasteiger partial charge is 0.469 e. The van der Waals surface area contributed by atoms with E-state index >= 15 is 0 Å². The first-order chi connectivity index (χ1) is 14.4. The van der Waals surface area contributed by atoms with Crippen molar-refractivity contribution in [2.45, 2.75) is 25.7 Å². The second-order valence-corrected chi connectivity index (χ2v) is 6.90. The number of benzene rings is 1. The van der Waals surface area contributed by atoms with Gasteiger partial charge in [-0.2, -0.15) is 18.2 Å². The zero-order valence-corrected chi connectivity index (χ0v) is 16.1. The topological polar surface area (TPSA) is 69.2 Å². The third-order valence-electron chi connectivity index (χ3n) is 4.69. The SMILES string of the molecule is Cc1cc(-c2ccccn2)ccc1CNc1ncc(C(F)(F)F)c(OC2COC2)n1. The minimum atomic E-state index is -4.60. The van der Waals surface area contributed by atoms with E-state index in [1.165, 1.54) is 0 Å². The maximum Gasteiger partial charge on any atom is 0.423 e. The van der Waals surface area contributed by atoms with Gasteiger partial charge in [0, 0.05) is 24.5 Å². The normalized spacial score (nSPS) is 14.3. The lowest BCUT2D eigenvalue weighted by Crippen LogP contribution is -2.39. The van der Waals surface area contributed by atoms with E-state index in [0.717, 1.165) is 28.6 Å². The highest BCUT2D eigenvalue weighted by atomic mass is 19.4. The molecule has 2 aromatic heterocycles. The molecule has 1 aliphatic rings. The minimum Gasteiger partial charge on any atom is -0.469 e. The molecule has 156 valence electrons. The first-order valence-corrected chi connectivity index (χ1v) is 9.33. The fourth-order valence-corrected chi connectivity index (χ4v) is 2.94.